The summed E-state index contributed by atoms with van der Waals surface area (Å²) in [5.41, 5.74) is -0.738. The number of sulfonamides is 1. The molecule has 180 valence electrons. The molecule has 0 unspecified atom stereocenters. The molecule has 1 N–H and O–H groups in total. The second-order valence-electron chi connectivity index (χ2n) is 9.13. The smallest absolute Gasteiger partial charge is 0.326 e. The minimum Gasteiger partial charge on any atom is -0.490 e. The van der Waals surface area contributed by atoms with Crippen LogP contribution in [-0.2, 0) is 14.8 Å². The number of carbonyl (C=O) groups excluding carboxylic acids is 2. The highest BCUT2D eigenvalue weighted by molar-refractivity contribution is 7.89. The van der Waals surface area contributed by atoms with Gasteiger partial charge in [-0.2, -0.15) is 4.31 Å². The van der Waals surface area contributed by atoms with E-state index in [4.69, 9.17) is 9.47 Å². The lowest BCUT2D eigenvalue weighted by atomic mass is 9.82. The highest BCUT2D eigenvalue weighted by Crippen LogP contribution is 2.35. The van der Waals surface area contributed by atoms with Gasteiger partial charge < -0.3 is 14.8 Å². The van der Waals surface area contributed by atoms with Crippen molar-refractivity contribution in [1.82, 2.24) is 19.4 Å². The van der Waals surface area contributed by atoms with Crippen LogP contribution in [0.5, 0.6) is 11.5 Å². The number of nitrogens with one attached hydrogen (secondary N) is 1. The Kier molecular flexibility index (Phi) is 5.96. The van der Waals surface area contributed by atoms with Gasteiger partial charge in [0.15, 0.2) is 11.5 Å². The van der Waals surface area contributed by atoms with Gasteiger partial charge >= 0.3 is 6.03 Å². The average molecular weight is 479 g/mol. The Morgan fingerprint density at radius 3 is 2.33 bits per heavy atom. The highest BCUT2D eigenvalue weighted by Gasteiger charge is 2.51. The molecular weight excluding hydrogens is 448 g/mol. The third-order valence-corrected chi connectivity index (χ3v) is 8.88. The summed E-state index contributed by atoms with van der Waals surface area (Å²) in [5, 5.41) is 2.92. The van der Waals surface area contributed by atoms with Crippen LogP contribution in [0.3, 0.4) is 0 Å². The van der Waals surface area contributed by atoms with E-state index in [1.54, 1.807) is 12.1 Å². The number of imide groups is 1. The van der Waals surface area contributed by atoms with Gasteiger partial charge in [0.25, 0.3) is 5.91 Å². The van der Waals surface area contributed by atoms with Crippen LogP contribution in [-0.4, -0.2) is 86.1 Å². The molecule has 3 fully saturated rings. The van der Waals surface area contributed by atoms with Crippen molar-refractivity contribution in [3.8, 4) is 11.5 Å². The van der Waals surface area contributed by atoms with Gasteiger partial charge in [-0.1, -0.05) is 19.3 Å². The number of urea groups is 1. The second-order valence-corrected chi connectivity index (χ2v) is 11.1. The van der Waals surface area contributed by atoms with Crippen molar-refractivity contribution in [1.29, 1.82) is 0 Å². The Balaban J connectivity index is 1.22. The molecule has 1 aromatic rings. The number of rotatable bonds is 4. The predicted octanol–water partition coefficient (Wildman–Crippen LogP) is 1.37. The summed E-state index contributed by atoms with van der Waals surface area (Å²) >= 11 is 0. The number of hydrogen-bond acceptors (Lipinski definition) is 7. The molecule has 0 bridgehead atoms. The Hall–Kier alpha value is -2.37. The van der Waals surface area contributed by atoms with E-state index in [2.05, 4.69) is 5.32 Å². The van der Waals surface area contributed by atoms with E-state index in [1.807, 2.05) is 4.90 Å². The van der Waals surface area contributed by atoms with Crippen LogP contribution >= 0.6 is 0 Å². The van der Waals surface area contributed by atoms with Gasteiger partial charge in [-0.05, 0) is 25.0 Å². The molecule has 1 saturated carbocycles. The van der Waals surface area contributed by atoms with Crippen LogP contribution in [0.25, 0.3) is 0 Å². The second kappa shape index (κ2) is 8.77. The third kappa shape index (κ3) is 4.17. The number of fused-ring (bicyclic) bond motifs is 1. The van der Waals surface area contributed by atoms with E-state index >= 15 is 0 Å². The van der Waals surface area contributed by atoms with Gasteiger partial charge in [-0.15, -0.1) is 0 Å². The van der Waals surface area contributed by atoms with Gasteiger partial charge in [0.2, 0.25) is 10.0 Å². The molecule has 3 amide bonds. The quantitative estimate of drug-likeness (QED) is 0.651. The van der Waals surface area contributed by atoms with Crippen molar-refractivity contribution in [2.75, 3.05) is 46.1 Å². The molecule has 1 spiro atoms. The summed E-state index contributed by atoms with van der Waals surface area (Å²) in [4.78, 5) is 28.9. The standard InChI is InChI=1S/C22H30N4O6S/c27-20-22(7-2-1-3-8-22)23-21(28)26(20)16-24-9-11-25(12-10-24)33(29,30)17-5-6-18-19(15-17)32-14-4-13-31-18/h5-6,15H,1-4,7-14,16H2,(H,23,28). The fourth-order valence-corrected chi connectivity index (χ4v) is 6.50. The van der Waals surface area contributed by atoms with Gasteiger partial charge in [-0.3, -0.25) is 9.69 Å². The summed E-state index contributed by atoms with van der Waals surface area (Å²) < 4.78 is 39.1. The van der Waals surface area contributed by atoms with Crippen molar-refractivity contribution in [2.45, 2.75) is 49.0 Å². The SMILES string of the molecule is O=C1NC2(CCCCC2)C(=O)N1CN1CCN(S(=O)(=O)c2ccc3c(c2)OCCCO3)CC1. The zero-order valence-electron chi connectivity index (χ0n) is 18.6. The first-order valence-corrected chi connectivity index (χ1v) is 13.1. The fourth-order valence-electron chi connectivity index (χ4n) is 5.06. The van der Waals surface area contributed by atoms with Gasteiger partial charge in [0, 0.05) is 38.7 Å². The molecule has 10 nitrogen and oxygen atoms in total. The topological polar surface area (TPSA) is 108 Å². The number of benzene rings is 1. The zero-order chi connectivity index (χ0) is 23.1. The van der Waals surface area contributed by atoms with E-state index in [1.165, 1.54) is 15.3 Å². The van der Waals surface area contributed by atoms with Crippen LogP contribution < -0.4 is 14.8 Å². The van der Waals surface area contributed by atoms with Crippen LogP contribution in [0.2, 0.25) is 0 Å². The lowest BCUT2D eigenvalue weighted by Gasteiger charge is -2.35. The van der Waals surface area contributed by atoms with Crippen LogP contribution in [0.1, 0.15) is 38.5 Å². The maximum absolute atomic E-state index is 13.2. The summed E-state index contributed by atoms with van der Waals surface area (Å²) in [5.74, 6) is 0.859. The predicted molar refractivity (Wildman–Crippen MR) is 118 cm³/mol. The lowest BCUT2D eigenvalue weighted by molar-refractivity contribution is -0.134. The van der Waals surface area contributed by atoms with E-state index in [0.717, 1.165) is 25.7 Å². The lowest BCUT2D eigenvalue weighted by Crippen LogP contribution is -2.53. The van der Waals surface area contributed by atoms with E-state index < -0.39 is 15.6 Å². The normalized spacial score (nSPS) is 24.1. The Morgan fingerprint density at radius 1 is 0.909 bits per heavy atom. The molecule has 4 aliphatic rings. The van der Waals surface area contributed by atoms with Crippen LogP contribution in [0, 0.1) is 0 Å². The molecule has 0 atom stereocenters. The van der Waals surface area contributed by atoms with Gasteiger partial charge in [0.05, 0.1) is 24.8 Å². The molecule has 11 heteroatoms. The van der Waals surface area contributed by atoms with Gasteiger partial charge in [-0.25, -0.2) is 18.1 Å². The van der Waals surface area contributed by atoms with Crippen LogP contribution in [0.4, 0.5) is 4.79 Å². The number of hydrogen-bond donors (Lipinski definition) is 1. The van der Waals surface area contributed by atoms with E-state index in [0.29, 0.717) is 50.6 Å². The Labute approximate surface area is 193 Å². The maximum Gasteiger partial charge on any atom is 0.326 e. The number of carbonyl (C=O) groups is 2. The van der Waals surface area contributed by atoms with Gasteiger partial charge in [0.1, 0.15) is 5.54 Å². The zero-order valence-corrected chi connectivity index (χ0v) is 19.4. The third-order valence-electron chi connectivity index (χ3n) is 6.98. The number of nitrogens with zero attached hydrogens (tertiary/aromatic N) is 3. The van der Waals surface area contributed by atoms with Crippen molar-refractivity contribution in [3.63, 3.8) is 0 Å². The van der Waals surface area contributed by atoms with Crippen molar-refractivity contribution in [2.24, 2.45) is 0 Å². The fraction of sp³-hybridized carbons (Fsp3) is 0.636. The molecule has 33 heavy (non-hydrogen) atoms. The minimum atomic E-state index is -3.69. The summed E-state index contributed by atoms with van der Waals surface area (Å²) in [6, 6.07) is 4.37. The summed E-state index contributed by atoms with van der Waals surface area (Å²) in [6.07, 6.45) is 5.10. The summed E-state index contributed by atoms with van der Waals surface area (Å²) in [7, 11) is -3.69. The summed E-state index contributed by atoms with van der Waals surface area (Å²) in [6.45, 7) is 2.65. The number of piperazine rings is 1. The molecule has 1 aliphatic carbocycles. The first-order valence-electron chi connectivity index (χ1n) is 11.7. The minimum absolute atomic E-state index is 0.144. The number of ether oxygens (including phenoxy) is 2. The van der Waals surface area contributed by atoms with Crippen molar-refractivity contribution in [3.05, 3.63) is 18.2 Å². The largest absolute Gasteiger partial charge is 0.490 e. The average Bonchev–Trinajstić information content (AvgIpc) is 2.98. The Morgan fingerprint density at radius 2 is 1.61 bits per heavy atom. The van der Waals surface area contributed by atoms with Crippen LogP contribution in [0.15, 0.2) is 23.1 Å². The molecule has 0 radical (unpaired) electrons. The van der Waals surface area contributed by atoms with E-state index in [9.17, 15) is 18.0 Å². The molecule has 0 aromatic heterocycles. The number of amides is 3. The molecule has 1 aromatic carbocycles. The molecule has 2 saturated heterocycles. The highest BCUT2D eigenvalue weighted by atomic mass is 32.2. The maximum atomic E-state index is 13.2. The van der Waals surface area contributed by atoms with E-state index in [-0.39, 0.29) is 36.6 Å². The molecule has 5 rings (SSSR count). The monoisotopic (exact) mass is 478 g/mol. The molecule has 3 aliphatic heterocycles. The Bertz CT molecular complexity index is 1030. The molecule has 3 heterocycles. The first kappa shape index (κ1) is 22.4. The van der Waals surface area contributed by atoms with Crippen molar-refractivity contribution < 1.29 is 27.5 Å². The molecular formula is C22H30N4O6S. The van der Waals surface area contributed by atoms with Crippen molar-refractivity contribution >= 4 is 22.0 Å². The first-order chi connectivity index (χ1) is 15.9.